The van der Waals surface area contributed by atoms with Gasteiger partial charge in [-0.3, -0.25) is 4.79 Å². The van der Waals surface area contributed by atoms with E-state index in [0.29, 0.717) is 0 Å². The summed E-state index contributed by atoms with van der Waals surface area (Å²) in [5, 5.41) is 10.3. The zero-order valence-electron chi connectivity index (χ0n) is 12.2. The van der Waals surface area contributed by atoms with E-state index >= 15 is 0 Å². The van der Waals surface area contributed by atoms with Crippen LogP contribution in [-0.2, 0) is 11.2 Å². The maximum absolute atomic E-state index is 11.9. The van der Waals surface area contributed by atoms with E-state index < -0.39 is 0 Å². The Bertz CT molecular complexity index is 659. The molecule has 1 atom stereocenters. The van der Waals surface area contributed by atoms with Crippen LogP contribution in [0.2, 0.25) is 0 Å². The number of aryl methyl sites for hydroxylation is 1. The van der Waals surface area contributed by atoms with Crippen molar-refractivity contribution in [1.29, 1.82) is 0 Å². The van der Waals surface area contributed by atoms with Crippen molar-refractivity contribution in [2.45, 2.75) is 32.7 Å². The fourth-order valence-electron chi connectivity index (χ4n) is 2.64. The van der Waals surface area contributed by atoms with Gasteiger partial charge in [0.25, 0.3) is 0 Å². The van der Waals surface area contributed by atoms with Gasteiger partial charge in [-0.15, -0.1) is 0 Å². The molecule has 2 aromatic rings. The molecule has 1 aliphatic heterocycles. The molecule has 0 aliphatic carbocycles. The third-order valence-electron chi connectivity index (χ3n) is 3.86. The van der Waals surface area contributed by atoms with Gasteiger partial charge < -0.3 is 0 Å². The molecule has 3 rings (SSSR count). The van der Waals surface area contributed by atoms with Gasteiger partial charge in [0.1, 0.15) is 0 Å². The maximum Gasteiger partial charge on any atom is 0.240 e. The first-order valence-electron chi connectivity index (χ1n) is 7.17. The molecule has 0 radical (unpaired) electrons. The molecule has 0 spiro atoms. The molecule has 108 valence electrons. The number of hydrogen-bond donors (Lipinski definition) is 0. The van der Waals surface area contributed by atoms with Crippen LogP contribution in [0.3, 0.4) is 0 Å². The molecule has 0 saturated heterocycles. The smallest absolute Gasteiger partial charge is 0.240 e. The molecule has 1 amide bonds. The fourth-order valence-corrected chi connectivity index (χ4v) is 3.30. The Balaban J connectivity index is 1.90. The highest BCUT2D eigenvalue weighted by atomic mass is 32.1. The van der Waals surface area contributed by atoms with Crippen molar-refractivity contribution in [3.05, 3.63) is 57.8 Å². The van der Waals surface area contributed by atoms with Gasteiger partial charge in [-0.25, -0.2) is 5.01 Å². The third-order valence-corrected chi connectivity index (χ3v) is 4.54. The summed E-state index contributed by atoms with van der Waals surface area (Å²) in [5.74, 6) is -0.00945. The van der Waals surface area contributed by atoms with Crippen LogP contribution < -0.4 is 0 Å². The maximum atomic E-state index is 11.9. The van der Waals surface area contributed by atoms with Crippen molar-refractivity contribution in [1.82, 2.24) is 5.01 Å². The summed E-state index contributed by atoms with van der Waals surface area (Å²) in [4.78, 5) is 11.9. The van der Waals surface area contributed by atoms with E-state index in [2.05, 4.69) is 47.7 Å². The van der Waals surface area contributed by atoms with Crippen molar-refractivity contribution < 1.29 is 4.79 Å². The lowest BCUT2D eigenvalue weighted by molar-refractivity contribution is -0.130. The second kappa shape index (κ2) is 5.82. The molecule has 1 aromatic carbocycles. The number of carbonyl (C=O) groups excluding carboxylic acids is 1. The largest absolute Gasteiger partial charge is 0.273 e. The van der Waals surface area contributed by atoms with Crippen LogP contribution in [0.15, 0.2) is 46.2 Å². The molecule has 21 heavy (non-hydrogen) atoms. The van der Waals surface area contributed by atoms with Crippen LogP contribution >= 0.6 is 11.3 Å². The van der Waals surface area contributed by atoms with E-state index in [1.54, 1.807) is 23.3 Å². The van der Waals surface area contributed by atoms with Gasteiger partial charge in [0.05, 0.1) is 11.8 Å². The molecule has 0 bridgehead atoms. The predicted molar refractivity (Wildman–Crippen MR) is 86.6 cm³/mol. The molecule has 1 unspecified atom stereocenters. The van der Waals surface area contributed by atoms with Gasteiger partial charge in [0.2, 0.25) is 5.91 Å². The zero-order chi connectivity index (χ0) is 14.8. The average Bonchev–Trinajstić information content (AvgIpc) is 3.16. The first-order valence-corrected chi connectivity index (χ1v) is 8.12. The van der Waals surface area contributed by atoms with Gasteiger partial charge in [0, 0.05) is 18.9 Å². The van der Waals surface area contributed by atoms with Crippen LogP contribution in [-0.4, -0.2) is 16.6 Å². The SMILES string of the molecule is CCc1ccc(C2CC(c3ccsc3)=NN2C(C)=O)cc1. The number of hydrazone groups is 1. The standard InChI is InChI=1S/C17H18N2OS/c1-3-13-4-6-14(7-5-13)17-10-16(15-8-9-21-11-15)18-19(17)12(2)20/h4-9,11,17H,3,10H2,1-2H3. The number of thiophene rings is 1. The van der Waals surface area contributed by atoms with E-state index in [0.717, 1.165) is 29.7 Å². The predicted octanol–water partition coefficient (Wildman–Crippen LogP) is 4.01. The molecule has 3 nitrogen and oxygen atoms in total. The van der Waals surface area contributed by atoms with Gasteiger partial charge in [-0.05, 0) is 34.4 Å². The molecule has 4 heteroatoms. The molecule has 1 aromatic heterocycles. The topological polar surface area (TPSA) is 32.7 Å². The molecule has 0 N–H and O–H groups in total. The number of carbonyl (C=O) groups is 1. The molecular formula is C17H18N2OS. The van der Waals surface area contributed by atoms with Crippen LogP contribution in [0, 0.1) is 0 Å². The minimum atomic E-state index is -0.00945. The first-order chi connectivity index (χ1) is 10.2. The average molecular weight is 298 g/mol. The Morgan fingerprint density at radius 3 is 2.67 bits per heavy atom. The number of amides is 1. The van der Waals surface area contributed by atoms with E-state index in [1.807, 2.05) is 5.38 Å². The highest BCUT2D eigenvalue weighted by Gasteiger charge is 2.31. The Morgan fingerprint density at radius 1 is 1.33 bits per heavy atom. The second-order valence-corrected chi connectivity index (χ2v) is 6.02. The van der Waals surface area contributed by atoms with Crippen molar-refractivity contribution in [2.24, 2.45) is 5.10 Å². The number of hydrogen-bond acceptors (Lipinski definition) is 3. The van der Waals surface area contributed by atoms with Gasteiger partial charge in [-0.2, -0.15) is 16.4 Å². The van der Waals surface area contributed by atoms with E-state index in [-0.39, 0.29) is 11.9 Å². The summed E-state index contributed by atoms with van der Waals surface area (Å²) in [6.45, 7) is 3.72. The van der Waals surface area contributed by atoms with Crippen LogP contribution in [0.1, 0.15) is 43.0 Å². The van der Waals surface area contributed by atoms with Gasteiger partial charge in [-0.1, -0.05) is 31.2 Å². The highest BCUT2D eigenvalue weighted by Crippen LogP contribution is 2.33. The quantitative estimate of drug-likeness (QED) is 0.842. The summed E-state index contributed by atoms with van der Waals surface area (Å²) in [6, 6.07) is 10.6. The van der Waals surface area contributed by atoms with Crippen LogP contribution in [0.5, 0.6) is 0 Å². The fraction of sp³-hybridized carbons (Fsp3) is 0.294. The zero-order valence-corrected chi connectivity index (χ0v) is 13.1. The molecule has 2 heterocycles. The van der Waals surface area contributed by atoms with E-state index in [9.17, 15) is 4.79 Å². The Hall–Kier alpha value is -1.94. The number of nitrogens with zero attached hydrogens (tertiary/aromatic N) is 2. The van der Waals surface area contributed by atoms with E-state index in [4.69, 9.17) is 0 Å². The summed E-state index contributed by atoms with van der Waals surface area (Å²) in [7, 11) is 0. The third kappa shape index (κ3) is 2.76. The van der Waals surface area contributed by atoms with E-state index in [1.165, 1.54) is 5.56 Å². The summed E-state index contributed by atoms with van der Waals surface area (Å²) in [6.07, 6.45) is 1.81. The minimum absolute atomic E-state index is 0.00945. The normalized spacial score (nSPS) is 17.9. The van der Waals surface area contributed by atoms with Gasteiger partial charge >= 0.3 is 0 Å². The minimum Gasteiger partial charge on any atom is -0.273 e. The molecule has 0 saturated carbocycles. The van der Waals surface area contributed by atoms with Crippen LogP contribution in [0.25, 0.3) is 0 Å². The summed E-state index contributed by atoms with van der Waals surface area (Å²) in [5.41, 5.74) is 4.58. The number of rotatable bonds is 3. The van der Waals surface area contributed by atoms with Gasteiger partial charge in [0.15, 0.2) is 0 Å². The molecule has 0 fully saturated rings. The number of benzene rings is 1. The molecular weight excluding hydrogens is 280 g/mol. The lowest BCUT2D eigenvalue weighted by Crippen LogP contribution is -2.24. The lowest BCUT2D eigenvalue weighted by Gasteiger charge is -2.20. The molecule has 1 aliphatic rings. The lowest BCUT2D eigenvalue weighted by atomic mass is 9.98. The first kappa shape index (κ1) is 14.0. The summed E-state index contributed by atoms with van der Waals surface area (Å²) >= 11 is 1.65. The Morgan fingerprint density at radius 2 is 2.10 bits per heavy atom. The van der Waals surface area contributed by atoms with Crippen molar-refractivity contribution >= 4 is 23.0 Å². The van der Waals surface area contributed by atoms with Crippen molar-refractivity contribution in [3.8, 4) is 0 Å². The summed E-state index contributed by atoms with van der Waals surface area (Å²) < 4.78 is 0. The van der Waals surface area contributed by atoms with Crippen LogP contribution in [0.4, 0.5) is 0 Å². The second-order valence-electron chi connectivity index (χ2n) is 5.24. The van der Waals surface area contributed by atoms with Crippen molar-refractivity contribution in [2.75, 3.05) is 0 Å². The van der Waals surface area contributed by atoms with Crippen molar-refractivity contribution in [3.63, 3.8) is 0 Å². The Kier molecular flexibility index (Phi) is 3.88. The highest BCUT2D eigenvalue weighted by molar-refractivity contribution is 7.08. The Labute approximate surface area is 128 Å². The monoisotopic (exact) mass is 298 g/mol.